The van der Waals surface area contributed by atoms with Gasteiger partial charge in [0.1, 0.15) is 0 Å². The Balaban J connectivity index is 2.17. The normalized spacial score (nSPS) is 11.2. The number of ether oxygens (including phenoxy) is 2. The van der Waals surface area contributed by atoms with E-state index in [1.807, 2.05) is 0 Å². The van der Waals surface area contributed by atoms with Crippen molar-refractivity contribution in [2.75, 3.05) is 22.9 Å². The van der Waals surface area contributed by atoms with Gasteiger partial charge in [-0.25, -0.2) is 8.42 Å². The predicted octanol–water partition coefficient (Wildman–Crippen LogP) is 3.62. The average Bonchev–Trinajstić information content (AvgIpc) is 2.63. The minimum absolute atomic E-state index is 0.00606. The summed E-state index contributed by atoms with van der Waals surface area (Å²) in [6.45, 7) is 0.209. The first-order valence-electron chi connectivity index (χ1n) is 8.20. The number of benzene rings is 2. The number of sulfonamides is 1. The number of halogens is 2. The van der Waals surface area contributed by atoms with Gasteiger partial charge in [0.15, 0.2) is 11.5 Å². The van der Waals surface area contributed by atoms with Crippen LogP contribution in [0.1, 0.15) is 22.8 Å². The third-order valence-electron chi connectivity index (χ3n) is 3.77. The van der Waals surface area contributed by atoms with Gasteiger partial charge in [0, 0.05) is 11.3 Å². The number of aryl methyl sites for hydroxylation is 1. The number of hydrogen-bond donors (Lipinski definition) is 2. The number of alkyl halides is 2. The molecular formula is C18H20F2N2O5S. The van der Waals surface area contributed by atoms with Gasteiger partial charge in [-0.2, -0.15) is 8.78 Å². The molecule has 0 spiro atoms. The van der Waals surface area contributed by atoms with E-state index in [0.29, 0.717) is 16.9 Å². The van der Waals surface area contributed by atoms with Crippen molar-refractivity contribution < 1.29 is 31.5 Å². The van der Waals surface area contributed by atoms with E-state index in [-0.39, 0.29) is 22.8 Å². The van der Waals surface area contributed by atoms with Crippen molar-refractivity contribution in [1.29, 1.82) is 0 Å². The molecule has 0 unspecified atom stereocenters. The van der Waals surface area contributed by atoms with Gasteiger partial charge < -0.3 is 14.8 Å². The molecule has 10 heteroatoms. The van der Waals surface area contributed by atoms with Crippen molar-refractivity contribution in [3.63, 3.8) is 0 Å². The molecule has 0 saturated carbocycles. The standard InChI is InChI=1S/C18H20F2N2O5S/c1-4-28(24,25)22-14-7-6-13(9-11(14)2)21-17(23)12-5-8-15(27-18(19)20)16(10-12)26-3/h5-10,18,22H,4H2,1-3H3,(H,21,23). The van der Waals surface area contributed by atoms with Gasteiger partial charge in [0.25, 0.3) is 5.91 Å². The minimum atomic E-state index is -3.41. The van der Waals surface area contributed by atoms with E-state index in [9.17, 15) is 22.0 Å². The molecule has 0 aliphatic heterocycles. The lowest BCUT2D eigenvalue weighted by Gasteiger charge is -2.13. The maximum Gasteiger partial charge on any atom is 0.387 e. The number of carbonyl (C=O) groups excluding carboxylic acids is 1. The highest BCUT2D eigenvalue weighted by Gasteiger charge is 2.15. The summed E-state index contributed by atoms with van der Waals surface area (Å²) >= 11 is 0. The Morgan fingerprint density at radius 1 is 1.14 bits per heavy atom. The summed E-state index contributed by atoms with van der Waals surface area (Å²) in [7, 11) is -2.14. The molecule has 7 nitrogen and oxygen atoms in total. The third kappa shape index (κ3) is 5.56. The van der Waals surface area contributed by atoms with Gasteiger partial charge in [0.2, 0.25) is 10.0 Å². The van der Waals surface area contributed by atoms with Gasteiger partial charge in [-0.1, -0.05) is 0 Å². The van der Waals surface area contributed by atoms with Crippen LogP contribution in [-0.2, 0) is 10.0 Å². The molecule has 1 amide bonds. The summed E-state index contributed by atoms with van der Waals surface area (Å²) in [6, 6.07) is 8.52. The van der Waals surface area contributed by atoms with Crippen molar-refractivity contribution in [2.24, 2.45) is 0 Å². The Kier molecular flexibility index (Phi) is 6.79. The van der Waals surface area contributed by atoms with E-state index >= 15 is 0 Å². The van der Waals surface area contributed by atoms with Crippen LogP contribution in [0.5, 0.6) is 11.5 Å². The molecule has 0 aromatic heterocycles. The largest absolute Gasteiger partial charge is 0.493 e. The van der Waals surface area contributed by atoms with Crippen LogP contribution in [0.25, 0.3) is 0 Å². The van der Waals surface area contributed by atoms with Crippen LogP contribution in [0, 0.1) is 6.92 Å². The maximum atomic E-state index is 12.4. The monoisotopic (exact) mass is 414 g/mol. The first-order valence-corrected chi connectivity index (χ1v) is 9.85. The zero-order chi connectivity index (χ0) is 20.9. The van der Waals surface area contributed by atoms with Crippen LogP contribution in [0.2, 0.25) is 0 Å². The fraction of sp³-hybridized carbons (Fsp3) is 0.278. The zero-order valence-corrected chi connectivity index (χ0v) is 16.3. The predicted molar refractivity (Wildman–Crippen MR) is 102 cm³/mol. The second-order valence-electron chi connectivity index (χ2n) is 5.73. The molecule has 0 bridgehead atoms. The molecule has 2 aromatic rings. The number of rotatable bonds is 8. The van der Waals surface area contributed by atoms with Crippen LogP contribution >= 0.6 is 0 Å². The summed E-state index contributed by atoms with van der Waals surface area (Å²) in [6.07, 6.45) is 0. The van der Waals surface area contributed by atoms with Crippen LogP contribution < -0.4 is 19.5 Å². The van der Waals surface area contributed by atoms with E-state index in [2.05, 4.69) is 14.8 Å². The molecule has 0 saturated heterocycles. The minimum Gasteiger partial charge on any atom is -0.493 e. The Labute approximate surface area is 161 Å². The van der Waals surface area contributed by atoms with Crippen LogP contribution in [-0.4, -0.2) is 33.8 Å². The van der Waals surface area contributed by atoms with Crippen LogP contribution in [0.4, 0.5) is 20.2 Å². The molecular weight excluding hydrogens is 394 g/mol. The molecule has 28 heavy (non-hydrogen) atoms. The number of hydrogen-bond acceptors (Lipinski definition) is 5. The molecule has 0 heterocycles. The quantitative estimate of drug-likeness (QED) is 0.688. The smallest absolute Gasteiger partial charge is 0.387 e. The van der Waals surface area contributed by atoms with Crippen molar-refractivity contribution in [3.8, 4) is 11.5 Å². The fourth-order valence-corrected chi connectivity index (χ4v) is 3.01. The summed E-state index contributed by atoms with van der Waals surface area (Å²) in [5, 5.41) is 2.65. The lowest BCUT2D eigenvalue weighted by Crippen LogP contribution is -2.16. The summed E-state index contributed by atoms with van der Waals surface area (Å²) in [5.74, 6) is -0.744. The summed E-state index contributed by atoms with van der Waals surface area (Å²) < 4.78 is 59.9. The topological polar surface area (TPSA) is 93.7 Å². The summed E-state index contributed by atoms with van der Waals surface area (Å²) in [4.78, 5) is 12.4. The highest BCUT2D eigenvalue weighted by Crippen LogP contribution is 2.30. The molecule has 2 rings (SSSR count). The third-order valence-corrected chi connectivity index (χ3v) is 5.06. The van der Waals surface area contributed by atoms with Gasteiger partial charge >= 0.3 is 6.61 Å². The lowest BCUT2D eigenvalue weighted by atomic mass is 10.1. The molecule has 0 atom stereocenters. The summed E-state index contributed by atoms with van der Waals surface area (Å²) in [5.41, 5.74) is 1.64. The highest BCUT2D eigenvalue weighted by atomic mass is 32.2. The number of nitrogens with one attached hydrogen (secondary N) is 2. The van der Waals surface area contributed by atoms with Crippen LogP contribution in [0.15, 0.2) is 36.4 Å². The highest BCUT2D eigenvalue weighted by molar-refractivity contribution is 7.92. The van der Waals surface area contributed by atoms with E-state index in [0.717, 1.165) is 0 Å². The fourth-order valence-electron chi connectivity index (χ4n) is 2.30. The number of amides is 1. The van der Waals surface area contributed by atoms with Crippen molar-refractivity contribution >= 4 is 27.3 Å². The molecule has 2 aromatic carbocycles. The van der Waals surface area contributed by atoms with Crippen molar-refractivity contribution in [2.45, 2.75) is 20.5 Å². The molecule has 2 N–H and O–H groups in total. The Hall–Kier alpha value is -2.88. The second-order valence-corrected chi connectivity index (χ2v) is 7.74. The van der Waals surface area contributed by atoms with Crippen molar-refractivity contribution in [3.05, 3.63) is 47.5 Å². The lowest BCUT2D eigenvalue weighted by molar-refractivity contribution is -0.0512. The first kappa shape index (κ1) is 21.4. The Morgan fingerprint density at radius 2 is 1.86 bits per heavy atom. The zero-order valence-electron chi connectivity index (χ0n) is 15.5. The van der Waals surface area contributed by atoms with Gasteiger partial charge in [0.05, 0.1) is 18.6 Å². The van der Waals surface area contributed by atoms with Gasteiger partial charge in [-0.3, -0.25) is 9.52 Å². The SMILES string of the molecule is CCS(=O)(=O)Nc1ccc(NC(=O)c2ccc(OC(F)F)c(OC)c2)cc1C. The number of carbonyl (C=O) groups is 1. The van der Waals surface area contributed by atoms with Crippen molar-refractivity contribution in [1.82, 2.24) is 0 Å². The average molecular weight is 414 g/mol. The number of methoxy groups -OCH3 is 1. The first-order chi connectivity index (χ1) is 13.1. The van der Waals surface area contributed by atoms with E-state index in [1.165, 1.54) is 38.3 Å². The molecule has 0 aliphatic carbocycles. The Morgan fingerprint density at radius 3 is 2.43 bits per heavy atom. The van der Waals surface area contributed by atoms with E-state index in [4.69, 9.17) is 4.74 Å². The second kappa shape index (κ2) is 8.87. The van der Waals surface area contributed by atoms with E-state index < -0.39 is 22.5 Å². The van der Waals surface area contributed by atoms with Gasteiger partial charge in [-0.15, -0.1) is 0 Å². The van der Waals surface area contributed by atoms with Crippen LogP contribution in [0.3, 0.4) is 0 Å². The molecule has 0 radical (unpaired) electrons. The maximum absolute atomic E-state index is 12.4. The Bertz CT molecular complexity index is 964. The van der Waals surface area contributed by atoms with Gasteiger partial charge in [-0.05, 0) is 55.8 Å². The molecule has 0 fully saturated rings. The molecule has 0 aliphatic rings. The van der Waals surface area contributed by atoms with E-state index in [1.54, 1.807) is 19.1 Å². The number of anilines is 2. The molecule has 152 valence electrons.